The van der Waals surface area contributed by atoms with Gasteiger partial charge in [-0.2, -0.15) is 4.31 Å². The minimum Gasteiger partial charge on any atom is -0.383 e. The fourth-order valence-corrected chi connectivity index (χ4v) is 6.41. The lowest BCUT2D eigenvalue weighted by Crippen LogP contribution is -2.44. The smallest absolute Gasteiger partial charge is 0.247 e. The molecule has 0 radical (unpaired) electrons. The van der Waals surface area contributed by atoms with Gasteiger partial charge >= 0.3 is 0 Å². The van der Waals surface area contributed by atoms with Gasteiger partial charge in [0.2, 0.25) is 21.8 Å². The van der Waals surface area contributed by atoms with Crippen molar-refractivity contribution in [3.8, 4) is 0 Å². The molecule has 1 N–H and O–H groups in total. The van der Waals surface area contributed by atoms with Crippen LogP contribution in [0.4, 0.5) is 4.39 Å². The third-order valence-electron chi connectivity index (χ3n) is 7.12. The maximum absolute atomic E-state index is 13.8. The van der Waals surface area contributed by atoms with Crippen LogP contribution in [-0.4, -0.2) is 62.8 Å². The number of carbonyl (C=O) groups excluding carboxylic acids is 2. The molecule has 218 valence electrons. The van der Waals surface area contributed by atoms with Gasteiger partial charge in [-0.05, 0) is 60.2 Å². The summed E-state index contributed by atoms with van der Waals surface area (Å²) in [6.07, 6.45) is 2.17. The van der Waals surface area contributed by atoms with Gasteiger partial charge < -0.3 is 15.0 Å². The number of amides is 2. The summed E-state index contributed by atoms with van der Waals surface area (Å²) in [6, 6.07) is 20.6. The van der Waals surface area contributed by atoms with Crippen LogP contribution in [0.3, 0.4) is 0 Å². The Hall–Kier alpha value is -3.60. The van der Waals surface area contributed by atoms with Gasteiger partial charge in [0.15, 0.2) is 0 Å². The number of halogens is 1. The van der Waals surface area contributed by atoms with Crippen LogP contribution in [0.2, 0.25) is 0 Å². The molecular formula is C31H36FN3O5S. The lowest BCUT2D eigenvalue weighted by Gasteiger charge is -2.32. The summed E-state index contributed by atoms with van der Waals surface area (Å²) in [5, 5.41) is 2.85. The zero-order chi connectivity index (χ0) is 29.2. The van der Waals surface area contributed by atoms with Crippen LogP contribution in [0.15, 0.2) is 83.8 Å². The Kier molecular flexibility index (Phi) is 10.6. The van der Waals surface area contributed by atoms with E-state index in [1.54, 1.807) is 55.6 Å². The lowest BCUT2D eigenvalue weighted by atomic mass is 10.0. The molecule has 10 heteroatoms. The highest BCUT2D eigenvalue weighted by atomic mass is 32.2. The third kappa shape index (κ3) is 8.00. The molecule has 1 atom stereocenters. The predicted molar refractivity (Wildman–Crippen MR) is 154 cm³/mol. The van der Waals surface area contributed by atoms with E-state index in [0.29, 0.717) is 37.2 Å². The summed E-state index contributed by atoms with van der Waals surface area (Å²) in [4.78, 5) is 29.0. The second-order valence-electron chi connectivity index (χ2n) is 10.0. The van der Waals surface area contributed by atoms with Crippen molar-refractivity contribution in [2.24, 2.45) is 0 Å². The molecule has 0 aliphatic carbocycles. The minimum absolute atomic E-state index is 0.0914. The second-order valence-corrected chi connectivity index (χ2v) is 11.9. The highest BCUT2D eigenvalue weighted by Gasteiger charge is 2.31. The van der Waals surface area contributed by atoms with Crippen LogP contribution in [-0.2, 0) is 37.3 Å². The number of hydrogen-bond acceptors (Lipinski definition) is 5. The van der Waals surface area contributed by atoms with Crippen LogP contribution >= 0.6 is 0 Å². The molecule has 1 fully saturated rings. The van der Waals surface area contributed by atoms with E-state index in [1.807, 2.05) is 18.2 Å². The van der Waals surface area contributed by atoms with Crippen molar-refractivity contribution < 1.29 is 27.1 Å². The van der Waals surface area contributed by atoms with Gasteiger partial charge in [-0.25, -0.2) is 12.8 Å². The average Bonchev–Trinajstić information content (AvgIpc) is 3.54. The van der Waals surface area contributed by atoms with Gasteiger partial charge in [0, 0.05) is 39.7 Å². The van der Waals surface area contributed by atoms with Crippen molar-refractivity contribution in [2.45, 2.75) is 43.2 Å². The molecule has 0 spiro atoms. The summed E-state index contributed by atoms with van der Waals surface area (Å²) in [7, 11) is -1.98. The molecule has 0 bridgehead atoms. The van der Waals surface area contributed by atoms with E-state index in [-0.39, 0.29) is 36.2 Å². The minimum atomic E-state index is -3.52. The van der Waals surface area contributed by atoms with E-state index in [2.05, 4.69) is 5.32 Å². The monoisotopic (exact) mass is 581 g/mol. The first-order valence-electron chi connectivity index (χ1n) is 13.7. The van der Waals surface area contributed by atoms with Crippen molar-refractivity contribution in [1.29, 1.82) is 0 Å². The number of sulfonamides is 1. The van der Waals surface area contributed by atoms with Gasteiger partial charge in [0.1, 0.15) is 11.9 Å². The second kappa shape index (κ2) is 14.3. The van der Waals surface area contributed by atoms with Crippen molar-refractivity contribution in [2.75, 3.05) is 33.4 Å². The SMILES string of the molecule is COCCNC(=O)C(c1ccccc1)N(Cc1ccc(F)cc1)C(=O)CCc1ccc(S(=O)(=O)N2CCCC2)cc1. The Morgan fingerprint density at radius 2 is 1.59 bits per heavy atom. The number of nitrogens with one attached hydrogen (secondary N) is 1. The zero-order valence-corrected chi connectivity index (χ0v) is 24.0. The van der Waals surface area contributed by atoms with Crippen molar-refractivity contribution in [3.63, 3.8) is 0 Å². The van der Waals surface area contributed by atoms with Crippen LogP contribution < -0.4 is 5.32 Å². The van der Waals surface area contributed by atoms with Gasteiger partial charge in [0.25, 0.3) is 0 Å². The van der Waals surface area contributed by atoms with E-state index >= 15 is 0 Å². The molecule has 3 aromatic carbocycles. The molecule has 0 aromatic heterocycles. The van der Waals surface area contributed by atoms with Crippen molar-refractivity contribution >= 4 is 21.8 Å². The quantitative estimate of drug-likeness (QED) is 0.307. The predicted octanol–water partition coefficient (Wildman–Crippen LogP) is 4.08. The summed E-state index contributed by atoms with van der Waals surface area (Å²) in [5.74, 6) is -1.00. The summed E-state index contributed by atoms with van der Waals surface area (Å²) in [6.45, 7) is 1.77. The Morgan fingerprint density at radius 3 is 2.22 bits per heavy atom. The number of carbonyl (C=O) groups is 2. The molecule has 8 nitrogen and oxygen atoms in total. The number of aryl methyl sites for hydroxylation is 1. The van der Waals surface area contributed by atoms with Crippen LogP contribution in [0.25, 0.3) is 0 Å². The number of rotatable bonds is 13. The molecule has 2 amide bonds. The van der Waals surface area contributed by atoms with Crippen LogP contribution in [0.1, 0.15) is 42.0 Å². The topological polar surface area (TPSA) is 96.0 Å². The fourth-order valence-electron chi connectivity index (χ4n) is 4.89. The molecule has 41 heavy (non-hydrogen) atoms. The van der Waals surface area contributed by atoms with Crippen LogP contribution in [0, 0.1) is 5.82 Å². The van der Waals surface area contributed by atoms with Crippen molar-refractivity contribution in [3.05, 3.63) is 101 Å². The normalized spacial score (nSPS) is 14.5. The first-order valence-corrected chi connectivity index (χ1v) is 15.2. The van der Waals surface area contributed by atoms with E-state index in [4.69, 9.17) is 4.74 Å². The fraction of sp³-hybridized carbons (Fsp3) is 0.355. The van der Waals surface area contributed by atoms with Gasteiger partial charge in [-0.15, -0.1) is 0 Å². The zero-order valence-electron chi connectivity index (χ0n) is 23.2. The lowest BCUT2D eigenvalue weighted by molar-refractivity contribution is -0.141. The van der Waals surface area contributed by atoms with E-state index in [1.165, 1.54) is 21.3 Å². The number of ether oxygens (including phenoxy) is 1. The van der Waals surface area contributed by atoms with Gasteiger partial charge in [-0.3, -0.25) is 9.59 Å². The summed E-state index contributed by atoms with van der Waals surface area (Å²) >= 11 is 0. The Morgan fingerprint density at radius 1 is 0.951 bits per heavy atom. The summed E-state index contributed by atoms with van der Waals surface area (Å²) in [5.41, 5.74) is 2.14. The average molecular weight is 582 g/mol. The molecule has 0 saturated carbocycles. The molecule has 1 saturated heterocycles. The highest BCUT2D eigenvalue weighted by molar-refractivity contribution is 7.89. The highest BCUT2D eigenvalue weighted by Crippen LogP contribution is 2.26. The maximum Gasteiger partial charge on any atom is 0.247 e. The third-order valence-corrected chi connectivity index (χ3v) is 9.03. The Labute approximate surface area is 241 Å². The Balaban J connectivity index is 1.55. The van der Waals surface area contributed by atoms with E-state index < -0.39 is 21.9 Å². The molecular weight excluding hydrogens is 545 g/mol. The van der Waals surface area contributed by atoms with Gasteiger partial charge in [-0.1, -0.05) is 54.6 Å². The molecule has 1 heterocycles. The largest absolute Gasteiger partial charge is 0.383 e. The van der Waals surface area contributed by atoms with Crippen molar-refractivity contribution in [1.82, 2.24) is 14.5 Å². The molecule has 1 aliphatic heterocycles. The Bertz CT molecular complexity index is 1390. The number of hydrogen-bond donors (Lipinski definition) is 1. The first kappa shape index (κ1) is 30.4. The van der Waals surface area contributed by atoms with Gasteiger partial charge in [0.05, 0.1) is 11.5 Å². The maximum atomic E-state index is 13.8. The van der Waals surface area contributed by atoms with E-state index in [9.17, 15) is 22.4 Å². The number of nitrogens with zero attached hydrogens (tertiary/aromatic N) is 2. The molecule has 3 aromatic rings. The van der Waals surface area contributed by atoms with Crippen LogP contribution in [0.5, 0.6) is 0 Å². The molecule has 1 unspecified atom stereocenters. The van der Waals surface area contributed by atoms with E-state index in [0.717, 1.165) is 18.4 Å². The molecule has 4 rings (SSSR count). The number of benzene rings is 3. The molecule has 1 aliphatic rings. The first-order chi connectivity index (χ1) is 19.8. The standard InChI is InChI=1S/C31H36FN3O5S/c1-40-22-19-33-31(37)30(26-7-3-2-4-8-26)35(23-25-9-14-27(32)15-10-25)29(36)18-13-24-11-16-28(17-12-24)41(38,39)34-20-5-6-21-34/h2-4,7-12,14-17,30H,5-6,13,18-23H2,1H3,(H,33,37). The summed E-state index contributed by atoms with van der Waals surface area (Å²) < 4.78 is 45.9. The number of methoxy groups -OCH3 is 1.